The normalized spacial score (nSPS) is 11.3. The van der Waals surface area contributed by atoms with E-state index in [-0.39, 0.29) is 5.76 Å². The maximum Gasteiger partial charge on any atom is 0.150 e. The summed E-state index contributed by atoms with van der Waals surface area (Å²) in [6.07, 6.45) is 7.19. The van der Waals surface area contributed by atoms with E-state index in [0.29, 0.717) is 6.42 Å². The van der Waals surface area contributed by atoms with Crippen LogP contribution in [0.1, 0.15) is 30.4 Å². The van der Waals surface area contributed by atoms with Crippen molar-refractivity contribution in [2.45, 2.75) is 32.2 Å². The monoisotopic (exact) mass is 514 g/mol. The van der Waals surface area contributed by atoms with E-state index in [2.05, 4.69) is 68.1 Å². The Morgan fingerprint density at radius 2 is 1.92 bits per heavy atom. The fourth-order valence-corrected chi connectivity index (χ4v) is 4.70. The molecular weight excluding hydrogens is 476 g/mol. The standard InChI is InChI=1S/C30H38N6O2/c1-22(37)10-9-17-35(3)19-24-18-25(14-15-27(24)38-4)34-29-28-23(11-8-16-31-2)20-36(30(28)33-21-32-29)26-12-6-5-7-13-26/h5-7,12-15,18,20-21,31,37H,1,8-11,16-17,19H2,2-4H3,(H,32,33,34). The number of methoxy groups -OCH3 is 1. The highest BCUT2D eigenvalue weighted by Gasteiger charge is 2.17. The molecule has 0 saturated heterocycles. The molecule has 2 heterocycles. The van der Waals surface area contributed by atoms with E-state index in [1.54, 1.807) is 13.4 Å². The van der Waals surface area contributed by atoms with Gasteiger partial charge in [-0.25, -0.2) is 9.97 Å². The smallest absolute Gasteiger partial charge is 0.150 e. The summed E-state index contributed by atoms with van der Waals surface area (Å²) in [5.41, 5.74) is 5.17. The third kappa shape index (κ3) is 6.70. The lowest BCUT2D eigenvalue weighted by Crippen LogP contribution is -2.19. The number of aliphatic hydroxyl groups is 1. The fourth-order valence-electron chi connectivity index (χ4n) is 4.70. The highest BCUT2D eigenvalue weighted by Crippen LogP contribution is 2.32. The molecule has 4 aromatic rings. The van der Waals surface area contributed by atoms with Crippen molar-refractivity contribution in [3.05, 3.63) is 84.5 Å². The fraction of sp³-hybridized carbons (Fsp3) is 0.333. The van der Waals surface area contributed by atoms with Crippen molar-refractivity contribution in [3.8, 4) is 11.4 Å². The molecule has 2 aromatic heterocycles. The first-order valence-electron chi connectivity index (χ1n) is 13.0. The van der Waals surface area contributed by atoms with E-state index in [1.807, 2.05) is 37.4 Å². The van der Waals surface area contributed by atoms with Crippen molar-refractivity contribution in [3.63, 3.8) is 0 Å². The van der Waals surface area contributed by atoms with Crippen LogP contribution in [-0.2, 0) is 13.0 Å². The highest BCUT2D eigenvalue weighted by atomic mass is 16.5. The van der Waals surface area contributed by atoms with Crippen molar-refractivity contribution in [1.82, 2.24) is 24.8 Å². The number of nitrogens with one attached hydrogen (secondary N) is 2. The summed E-state index contributed by atoms with van der Waals surface area (Å²) in [4.78, 5) is 11.6. The maximum atomic E-state index is 9.38. The van der Waals surface area contributed by atoms with Gasteiger partial charge in [-0.3, -0.25) is 0 Å². The van der Waals surface area contributed by atoms with Crippen LogP contribution in [-0.4, -0.2) is 58.8 Å². The van der Waals surface area contributed by atoms with Crippen molar-refractivity contribution in [2.24, 2.45) is 0 Å². The Balaban J connectivity index is 1.65. The Morgan fingerprint density at radius 1 is 1.11 bits per heavy atom. The summed E-state index contributed by atoms with van der Waals surface area (Å²) < 4.78 is 7.79. The topological polar surface area (TPSA) is 87.5 Å². The zero-order chi connectivity index (χ0) is 26.9. The number of aliphatic hydroxyl groups excluding tert-OH is 1. The quantitative estimate of drug-likeness (QED) is 0.149. The summed E-state index contributed by atoms with van der Waals surface area (Å²) in [5.74, 6) is 1.85. The molecule has 0 unspecified atom stereocenters. The Labute approximate surface area is 225 Å². The molecular formula is C30H38N6O2. The molecule has 2 aromatic carbocycles. The predicted molar refractivity (Wildman–Crippen MR) is 155 cm³/mol. The highest BCUT2D eigenvalue weighted by molar-refractivity contribution is 5.93. The van der Waals surface area contributed by atoms with Crippen molar-refractivity contribution in [1.29, 1.82) is 0 Å². The van der Waals surface area contributed by atoms with E-state index < -0.39 is 0 Å². The number of benzene rings is 2. The van der Waals surface area contributed by atoms with Gasteiger partial charge in [-0.2, -0.15) is 0 Å². The van der Waals surface area contributed by atoms with Gasteiger partial charge in [0.1, 0.15) is 23.5 Å². The first-order chi connectivity index (χ1) is 18.5. The van der Waals surface area contributed by atoms with Gasteiger partial charge in [0.15, 0.2) is 0 Å². The molecule has 8 nitrogen and oxygen atoms in total. The van der Waals surface area contributed by atoms with Crippen LogP contribution in [0.5, 0.6) is 5.75 Å². The number of rotatable bonds is 14. The molecule has 0 aliphatic rings. The lowest BCUT2D eigenvalue weighted by atomic mass is 10.1. The summed E-state index contributed by atoms with van der Waals surface area (Å²) in [6, 6.07) is 16.4. The van der Waals surface area contributed by atoms with Crippen LogP contribution in [0.15, 0.2) is 73.4 Å². The summed E-state index contributed by atoms with van der Waals surface area (Å²) in [6.45, 7) is 6.08. The molecule has 0 radical (unpaired) electrons. The zero-order valence-electron chi connectivity index (χ0n) is 22.6. The molecule has 0 aliphatic carbocycles. The molecule has 38 heavy (non-hydrogen) atoms. The van der Waals surface area contributed by atoms with E-state index >= 15 is 0 Å². The van der Waals surface area contributed by atoms with Gasteiger partial charge < -0.3 is 29.9 Å². The van der Waals surface area contributed by atoms with Gasteiger partial charge in [0.2, 0.25) is 0 Å². The number of ether oxygens (including phenoxy) is 1. The average Bonchev–Trinajstić information content (AvgIpc) is 3.29. The second-order valence-electron chi connectivity index (χ2n) is 9.55. The SMILES string of the molecule is C=C(O)CCCN(C)Cc1cc(Nc2ncnc3c2c(CCCNC)cn3-c2ccccc2)ccc1OC. The minimum absolute atomic E-state index is 0.227. The largest absolute Gasteiger partial charge is 0.513 e. The minimum atomic E-state index is 0.227. The van der Waals surface area contributed by atoms with Crippen molar-refractivity contribution < 1.29 is 9.84 Å². The minimum Gasteiger partial charge on any atom is -0.513 e. The first kappa shape index (κ1) is 27.2. The molecule has 3 N–H and O–H groups in total. The molecule has 0 aliphatic heterocycles. The lowest BCUT2D eigenvalue weighted by Gasteiger charge is -2.19. The molecule has 8 heteroatoms. The Bertz CT molecular complexity index is 1350. The molecule has 0 saturated carbocycles. The molecule has 0 atom stereocenters. The van der Waals surface area contributed by atoms with Crippen LogP contribution in [0.2, 0.25) is 0 Å². The van der Waals surface area contributed by atoms with Crippen LogP contribution >= 0.6 is 0 Å². The number of aromatic nitrogens is 3. The Kier molecular flexibility index (Phi) is 9.35. The Hall–Kier alpha value is -3.88. The van der Waals surface area contributed by atoms with Gasteiger partial charge in [0, 0.05) is 36.1 Å². The average molecular weight is 515 g/mol. The lowest BCUT2D eigenvalue weighted by molar-refractivity contribution is 0.301. The zero-order valence-corrected chi connectivity index (χ0v) is 22.6. The maximum absolute atomic E-state index is 9.38. The number of para-hydroxylation sites is 1. The molecule has 0 fully saturated rings. The molecule has 4 rings (SSSR count). The summed E-state index contributed by atoms with van der Waals surface area (Å²) >= 11 is 0. The van der Waals surface area contributed by atoms with Gasteiger partial charge >= 0.3 is 0 Å². The number of nitrogens with zero attached hydrogens (tertiary/aromatic N) is 4. The number of hydrogen-bond donors (Lipinski definition) is 3. The van der Waals surface area contributed by atoms with E-state index in [1.165, 1.54) is 5.56 Å². The van der Waals surface area contributed by atoms with Gasteiger partial charge in [0.25, 0.3) is 0 Å². The molecule has 0 spiro atoms. The Morgan fingerprint density at radius 3 is 2.66 bits per heavy atom. The predicted octanol–water partition coefficient (Wildman–Crippen LogP) is 5.61. The van der Waals surface area contributed by atoms with Gasteiger partial charge in [-0.1, -0.05) is 24.8 Å². The second-order valence-corrected chi connectivity index (χ2v) is 9.55. The van der Waals surface area contributed by atoms with E-state index in [4.69, 9.17) is 4.74 Å². The van der Waals surface area contributed by atoms with Gasteiger partial charge in [-0.15, -0.1) is 0 Å². The molecule has 200 valence electrons. The number of allylic oxidation sites excluding steroid dienone is 1. The van der Waals surface area contributed by atoms with Crippen molar-refractivity contribution in [2.75, 3.05) is 39.6 Å². The van der Waals surface area contributed by atoms with Crippen LogP contribution in [0, 0.1) is 0 Å². The van der Waals surface area contributed by atoms with E-state index in [0.717, 1.165) is 78.4 Å². The summed E-state index contributed by atoms with van der Waals surface area (Å²) in [7, 11) is 5.74. The third-order valence-electron chi connectivity index (χ3n) is 6.56. The van der Waals surface area contributed by atoms with Crippen LogP contribution < -0.4 is 15.4 Å². The van der Waals surface area contributed by atoms with Crippen molar-refractivity contribution >= 4 is 22.5 Å². The number of anilines is 2. The number of fused-ring (bicyclic) bond motifs is 1. The van der Waals surface area contributed by atoms with Gasteiger partial charge in [0.05, 0.1) is 18.3 Å². The summed E-state index contributed by atoms with van der Waals surface area (Å²) in [5, 5.41) is 17.2. The van der Waals surface area contributed by atoms with Crippen LogP contribution in [0.4, 0.5) is 11.5 Å². The van der Waals surface area contributed by atoms with Crippen LogP contribution in [0.25, 0.3) is 16.7 Å². The van der Waals surface area contributed by atoms with E-state index in [9.17, 15) is 5.11 Å². The number of aryl methyl sites for hydroxylation is 1. The molecule has 0 amide bonds. The first-order valence-corrected chi connectivity index (χ1v) is 13.0. The second kappa shape index (κ2) is 13.1. The molecule has 0 bridgehead atoms. The number of hydrogen-bond acceptors (Lipinski definition) is 7. The van der Waals surface area contributed by atoms with Gasteiger partial charge in [-0.05, 0) is 82.3 Å². The van der Waals surface area contributed by atoms with Crippen LogP contribution in [0.3, 0.4) is 0 Å². The third-order valence-corrected chi connectivity index (χ3v) is 6.56.